The van der Waals surface area contributed by atoms with E-state index in [0.29, 0.717) is 16.5 Å². The molecule has 0 radical (unpaired) electrons. The number of fused-ring (bicyclic) bond motifs is 1. The molecule has 0 aliphatic heterocycles. The lowest BCUT2D eigenvalue weighted by molar-refractivity contribution is 0.0950. The fraction of sp³-hybridized carbons (Fsp3) is 0.500. The van der Waals surface area contributed by atoms with Crippen molar-refractivity contribution in [3.05, 3.63) is 23.3 Å². The van der Waals surface area contributed by atoms with Crippen molar-refractivity contribution in [1.82, 2.24) is 10.3 Å². The minimum Gasteiger partial charge on any atom is -0.397 e. The van der Waals surface area contributed by atoms with Gasteiger partial charge in [0.1, 0.15) is 4.88 Å². The van der Waals surface area contributed by atoms with E-state index in [0.717, 1.165) is 23.1 Å². The number of nitrogens with zero attached hydrogens (tertiary/aromatic N) is 1. The minimum absolute atomic E-state index is 0.0661. The number of nitrogens with one attached hydrogen (secondary N) is 1. The first kappa shape index (κ1) is 15.8. The fourth-order valence-corrected chi connectivity index (χ4v) is 3.41. The molecule has 0 saturated heterocycles. The Morgan fingerprint density at radius 3 is 2.95 bits per heavy atom. The summed E-state index contributed by atoms with van der Waals surface area (Å²) in [6, 6.07) is 1.86. The molecule has 0 saturated carbocycles. The Kier molecular flexibility index (Phi) is 5.56. The molecule has 1 amide bonds. The molecule has 0 aliphatic rings. The first-order valence-corrected chi connectivity index (χ1v) is 8.39. The Bertz CT molecular complexity index is 609. The molecule has 2 aromatic heterocycles. The highest BCUT2D eigenvalue weighted by Crippen LogP contribution is 2.32. The van der Waals surface area contributed by atoms with Crippen LogP contribution < -0.4 is 11.1 Å². The van der Waals surface area contributed by atoms with Crippen molar-refractivity contribution in [2.75, 3.05) is 12.3 Å². The zero-order chi connectivity index (χ0) is 15.2. The third-order valence-corrected chi connectivity index (χ3v) is 4.99. The van der Waals surface area contributed by atoms with Crippen molar-refractivity contribution in [1.29, 1.82) is 0 Å². The third kappa shape index (κ3) is 3.73. The molecule has 0 spiro atoms. The van der Waals surface area contributed by atoms with Gasteiger partial charge in [-0.3, -0.25) is 9.78 Å². The van der Waals surface area contributed by atoms with Crippen LogP contribution in [0.15, 0.2) is 18.5 Å². The average molecular weight is 305 g/mol. The lowest BCUT2D eigenvalue weighted by atomic mass is 9.99. The Morgan fingerprint density at radius 1 is 1.48 bits per heavy atom. The number of nitrogen functional groups attached to an aromatic ring is 1. The van der Waals surface area contributed by atoms with E-state index in [4.69, 9.17) is 5.73 Å². The lowest BCUT2D eigenvalue weighted by Gasteiger charge is -2.15. The van der Waals surface area contributed by atoms with Gasteiger partial charge in [0.2, 0.25) is 0 Å². The zero-order valence-corrected chi connectivity index (χ0v) is 13.5. The second-order valence-corrected chi connectivity index (χ2v) is 6.40. The molecule has 0 aliphatic carbocycles. The molecule has 4 nitrogen and oxygen atoms in total. The smallest absolute Gasteiger partial charge is 0.263 e. The lowest BCUT2D eigenvalue weighted by Crippen LogP contribution is -2.29. The van der Waals surface area contributed by atoms with E-state index in [1.165, 1.54) is 30.6 Å². The van der Waals surface area contributed by atoms with E-state index in [1.54, 1.807) is 12.4 Å². The molecule has 3 N–H and O–H groups in total. The number of hydrogen-bond acceptors (Lipinski definition) is 4. The van der Waals surface area contributed by atoms with Gasteiger partial charge in [-0.25, -0.2) is 0 Å². The maximum atomic E-state index is 12.3. The summed E-state index contributed by atoms with van der Waals surface area (Å²) in [5.41, 5.74) is 6.65. The van der Waals surface area contributed by atoms with Crippen molar-refractivity contribution in [2.24, 2.45) is 5.92 Å². The van der Waals surface area contributed by atoms with E-state index in [-0.39, 0.29) is 5.91 Å². The molecular formula is C16H23N3OS. The molecule has 21 heavy (non-hydrogen) atoms. The molecule has 5 heteroatoms. The summed E-state index contributed by atoms with van der Waals surface area (Å²) in [7, 11) is 0. The van der Waals surface area contributed by atoms with Crippen LogP contribution in [0, 0.1) is 5.92 Å². The number of thiophene rings is 1. The highest BCUT2D eigenvalue weighted by molar-refractivity contribution is 7.21. The van der Waals surface area contributed by atoms with E-state index < -0.39 is 0 Å². The highest BCUT2D eigenvalue weighted by atomic mass is 32.1. The van der Waals surface area contributed by atoms with Gasteiger partial charge in [0.25, 0.3) is 5.91 Å². The molecule has 0 aromatic carbocycles. The van der Waals surface area contributed by atoms with Crippen molar-refractivity contribution >= 4 is 33.0 Å². The summed E-state index contributed by atoms with van der Waals surface area (Å²) in [6.07, 6.45) is 8.12. The molecule has 1 atom stereocenters. The van der Waals surface area contributed by atoms with Crippen LogP contribution in [0.3, 0.4) is 0 Å². The number of rotatable bonds is 7. The molecule has 1 unspecified atom stereocenters. The van der Waals surface area contributed by atoms with E-state index in [9.17, 15) is 4.79 Å². The Hall–Kier alpha value is -1.62. The molecule has 2 rings (SSSR count). The fourth-order valence-electron chi connectivity index (χ4n) is 2.40. The van der Waals surface area contributed by atoms with E-state index in [1.807, 2.05) is 6.07 Å². The van der Waals surface area contributed by atoms with Crippen molar-refractivity contribution < 1.29 is 4.79 Å². The summed E-state index contributed by atoms with van der Waals surface area (Å²) >= 11 is 1.41. The maximum Gasteiger partial charge on any atom is 0.263 e. The molecule has 0 fully saturated rings. The van der Waals surface area contributed by atoms with Crippen molar-refractivity contribution in [3.63, 3.8) is 0 Å². The van der Waals surface area contributed by atoms with Crippen LogP contribution >= 0.6 is 11.3 Å². The first-order valence-electron chi connectivity index (χ1n) is 7.57. The van der Waals surface area contributed by atoms with Gasteiger partial charge in [-0.05, 0) is 18.4 Å². The van der Waals surface area contributed by atoms with E-state index >= 15 is 0 Å². The van der Waals surface area contributed by atoms with Gasteiger partial charge in [0, 0.05) is 24.3 Å². The number of anilines is 1. The largest absolute Gasteiger partial charge is 0.397 e. The first-order chi connectivity index (χ1) is 10.2. The monoisotopic (exact) mass is 305 g/mol. The second kappa shape index (κ2) is 7.41. The van der Waals surface area contributed by atoms with Gasteiger partial charge < -0.3 is 11.1 Å². The molecule has 2 aromatic rings. The number of amides is 1. The number of hydrogen-bond donors (Lipinski definition) is 2. The predicted molar refractivity (Wildman–Crippen MR) is 89.7 cm³/mol. The molecule has 114 valence electrons. The van der Waals surface area contributed by atoms with Gasteiger partial charge in [0.05, 0.1) is 10.4 Å². The topological polar surface area (TPSA) is 68.0 Å². The number of aromatic nitrogens is 1. The summed E-state index contributed by atoms with van der Waals surface area (Å²) in [5, 5.41) is 3.95. The molecule has 2 heterocycles. The SMILES string of the molecule is CCCCC(CC)CNC(=O)c1sc2cnccc2c1N. The number of nitrogens with two attached hydrogens (primary N) is 1. The third-order valence-electron chi connectivity index (χ3n) is 3.83. The molecule has 0 bridgehead atoms. The minimum atomic E-state index is -0.0661. The van der Waals surface area contributed by atoms with Gasteiger partial charge in [0.15, 0.2) is 0 Å². The van der Waals surface area contributed by atoms with Crippen LogP contribution in [0.1, 0.15) is 49.2 Å². The Labute approximate surface area is 129 Å². The maximum absolute atomic E-state index is 12.3. The Balaban J connectivity index is 2.03. The molecular weight excluding hydrogens is 282 g/mol. The standard InChI is InChI=1S/C16H23N3OS/c1-3-5-6-11(4-2)9-19-16(20)15-14(17)12-7-8-18-10-13(12)21-15/h7-8,10-11H,3-6,9,17H2,1-2H3,(H,19,20). The summed E-state index contributed by atoms with van der Waals surface area (Å²) in [4.78, 5) is 17.0. The number of carbonyl (C=O) groups is 1. The summed E-state index contributed by atoms with van der Waals surface area (Å²) in [5.74, 6) is 0.481. The predicted octanol–water partition coefficient (Wildman–Crippen LogP) is 3.82. The normalized spacial score (nSPS) is 12.5. The van der Waals surface area contributed by atoms with Crippen LogP contribution in [-0.4, -0.2) is 17.4 Å². The van der Waals surface area contributed by atoms with Gasteiger partial charge >= 0.3 is 0 Å². The van der Waals surface area contributed by atoms with Crippen molar-refractivity contribution in [2.45, 2.75) is 39.5 Å². The van der Waals surface area contributed by atoms with Gasteiger partial charge in [-0.15, -0.1) is 11.3 Å². The van der Waals surface area contributed by atoms with Crippen molar-refractivity contribution in [3.8, 4) is 0 Å². The second-order valence-electron chi connectivity index (χ2n) is 5.34. The van der Waals surface area contributed by atoms with Gasteiger partial charge in [-0.1, -0.05) is 33.1 Å². The highest BCUT2D eigenvalue weighted by Gasteiger charge is 2.17. The summed E-state index contributed by atoms with van der Waals surface area (Å²) < 4.78 is 0.957. The quantitative estimate of drug-likeness (QED) is 0.817. The number of pyridine rings is 1. The van der Waals surface area contributed by atoms with Crippen LogP contribution in [0.2, 0.25) is 0 Å². The van der Waals surface area contributed by atoms with E-state index in [2.05, 4.69) is 24.1 Å². The average Bonchev–Trinajstić information content (AvgIpc) is 2.85. The van der Waals surface area contributed by atoms with Crippen LogP contribution in [0.5, 0.6) is 0 Å². The van der Waals surface area contributed by atoms with Gasteiger partial charge in [-0.2, -0.15) is 0 Å². The number of carbonyl (C=O) groups excluding carboxylic acids is 1. The zero-order valence-electron chi connectivity index (χ0n) is 12.7. The Morgan fingerprint density at radius 2 is 2.29 bits per heavy atom. The van der Waals surface area contributed by atoms with Crippen LogP contribution in [0.4, 0.5) is 5.69 Å². The summed E-state index contributed by atoms with van der Waals surface area (Å²) in [6.45, 7) is 5.09. The van der Waals surface area contributed by atoms with Crippen LogP contribution in [-0.2, 0) is 0 Å². The number of unbranched alkanes of at least 4 members (excludes halogenated alkanes) is 1. The van der Waals surface area contributed by atoms with Crippen LogP contribution in [0.25, 0.3) is 10.1 Å².